The molecule has 1 unspecified atom stereocenters. The number of H-pyrrole nitrogens is 1. The van der Waals surface area contributed by atoms with Crippen LogP contribution in [0.5, 0.6) is 5.75 Å². The highest BCUT2D eigenvalue weighted by atomic mass is 16.5. The smallest absolute Gasteiger partial charge is 0.256 e. The van der Waals surface area contributed by atoms with Crippen molar-refractivity contribution in [3.8, 4) is 5.75 Å². The second-order valence-electron chi connectivity index (χ2n) is 6.30. The maximum atomic E-state index is 13.2. The number of para-hydroxylation sites is 1. The molecular weight excluding hydrogens is 314 g/mol. The number of carbonyl (C=O) groups is 1. The Morgan fingerprint density at radius 2 is 2.12 bits per heavy atom. The highest BCUT2D eigenvalue weighted by Gasteiger charge is 2.31. The Labute approximate surface area is 146 Å². The molecule has 25 heavy (non-hydrogen) atoms. The van der Waals surface area contributed by atoms with Crippen molar-refractivity contribution in [3.63, 3.8) is 0 Å². The summed E-state index contributed by atoms with van der Waals surface area (Å²) in [4.78, 5) is 15.1. The largest absolute Gasteiger partial charge is 0.494 e. The van der Waals surface area contributed by atoms with Crippen molar-refractivity contribution in [2.24, 2.45) is 0 Å². The van der Waals surface area contributed by atoms with Gasteiger partial charge in [-0.1, -0.05) is 24.3 Å². The fourth-order valence-electron chi connectivity index (χ4n) is 3.61. The molecule has 0 saturated carbocycles. The van der Waals surface area contributed by atoms with Gasteiger partial charge in [0.2, 0.25) is 0 Å². The molecule has 1 aliphatic rings. The number of likely N-dealkylation sites (tertiary alicyclic amines) is 1. The number of carbonyl (C=O) groups excluding carboxylic acids is 1. The molecule has 0 bridgehead atoms. The molecule has 1 aromatic heterocycles. The van der Waals surface area contributed by atoms with Crippen molar-refractivity contribution in [2.75, 3.05) is 13.2 Å². The minimum Gasteiger partial charge on any atom is -0.494 e. The first kappa shape index (κ1) is 15.7. The molecule has 0 spiro atoms. The minimum absolute atomic E-state index is 0.0613. The molecule has 4 rings (SSSR count). The number of benzene rings is 2. The fraction of sp³-hybridized carbons (Fsp3) is 0.300. The van der Waals surface area contributed by atoms with Gasteiger partial charge in [0.1, 0.15) is 5.75 Å². The Morgan fingerprint density at radius 1 is 1.28 bits per heavy atom. The van der Waals surface area contributed by atoms with E-state index in [4.69, 9.17) is 4.74 Å². The molecule has 1 N–H and O–H groups in total. The molecule has 5 heteroatoms. The van der Waals surface area contributed by atoms with Crippen molar-refractivity contribution in [3.05, 3.63) is 59.8 Å². The minimum atomic E-state index is 0.0613. The van der Waals surface area contributed by atoms with Crippen LogP contribution in [0.25, 0.3) is 10.9 Å². The van der Waals surface area contributed by atoms with Gasteiger partial charge in [-0.05, 0) is 43.5 Å². The molecular formula is C20H21N3O2. The monoisotopic (exact) mass is 335 g/mol. The lowest BCUT2D eigenvalue weighted by molar-refractivity contribution is 0.0737. The average molecular weight is 335 g/mol. The number of rotatable bonds is 4. The molecule has 1 atom stereocenters. The number of amides is 1. The van der Waals surface area contributed by atoms with Crippen molar-refractivity contribution >= 4 is 16.8 Å². The van der Waals surface area contributed by atoms with Crippen molar-refractivity contribution in [1.29, 1.82) is 0 Å². The lowest BCUT2D eigenvalue weighted by atomic mass is 10.0. The molecule has 1 amide bonds. The van der Waals surface area contributed by atoms with E-state index in [0.29, 0.717) is 12.2 Å². The molecule has 0 aliphatic carbocycles. The van der Waals surface area contributed by atoms with Crippen LogP contribution in [0.2, 0.25) is 0 Å². The van der Waals surface area contributed by atoms with Gasteiger partial charge in [0.15, 0.2) is 0 Å². The zero-order chi connectivity index (χ0) is 17.2. The van der Waals surface area contributed by atoms with Crippen LogP contribution in [0, 0.1) is 0 Å². The summed E-state index contributed by atoms with van der Waals surface area (Å²) >= 11 is 0. The Bertz CT molecular complexity index is 885. The Hall–Kier alpha value is -2.82. The molecule has 1 fully saturated rings. The maximum absolute atomic E-state index is 13.2. The van der Waals surface area contributed by atoms with Gasteiger partial charge < -0.3 is 9.64 Å². The lowest BCUT2D eigenvalue weighted by Gasteiger charge is -2.25. The van der Waals surface area contributed by atoms with E-state index >= 15 is 0 Å². The number of fused-ring (bicyclic) bond motifs is 1. The van der Waals surface area contributed by atoms with Crippen LogP contribution >= 0.6 is 0 Å². The number of hydrogen-bond acceptors (Lipinski definition) is 3. The third-order valence-corrected chi connectivity index (χ3v) is 4.80. The molecule has 3 aromatic rings. The summed E-state index contributed by atoms with van der Waals surface area (Å²) in [5.41, 5.74) is 2.66. The van der Waals surface area contributed by atoms with Crippen molar-refractivity contribution in [1.82, 2.24) is 15.1 Å². The summed E-state index contributed by atoms with van der Waals surface area (Å²) in [6.45, 7) is 3.41. The zero-order valence-corrected chi connectivity index (χ0v) is 14.2. The molecule has 2 heterocycles. The third-order valence-electron chi connectivity index (χ3n) is 4.80. The van der Waals surface area contributed by atoms with Crippen LogP contribution in [0.15, 0.2) is 48.7 Å². The highest BCUT2D eigenvalue weighted by molar-refractivity contribution is 6.05. The molecule has 5 nitrogen and oxygen atoms in total. The number of aromatic nitrogens is 2. The highest BCUT2D eigenvalue weighted by Crippen LogP contribution is 2.34. The molecule has 128 valence electrons. The van der Waals surface area contributed by atoms with Crippen LogP contribution in [0.3, 0.4) is 0 Å². The number of ether oxygens (including phenoxy) is 1. The van der Waals surface area contributed by atoms with Crippen LogP contribution in [-0.2, 0) is 0 Å². The first-order valence-electron chi connectivity index (χ1n) is 8.73. The first-order valence-corrected chi connectivity index (χ1v) is 8.73. The van der Waals surface area contributed by atoms with Gasteiger partial charge in [-0.25, -0.2) is 0 Å². The summed E-state index contributed by atoms with van der Waals surface area (Å²) in [5.74, 6) is 0.926. The molecule has 0 radical (unpaired) electrons. The van der Waals surface area contributed by atoms with Crippen molar-refractivity contribution in [2.45, 2.75) is 25.8 Å². The Morgan fingerprint density at radius 3 is 2.92 bits per heavy atom. The second-order valence-corrected chi connectivity index (χ2v) is 6.30. The quantitative estimate of drug-likeness (QED) is 0.786. The summed E-state index contributed by atoms with van der Waals surface area (Å²) in [5, 5.41) is 7.98. The van der Waals surface area contributed by atoms with Gasteiger partial charge in [0.05, 0.1) is 29.9 Å². The van der Waals surface area contributed by atoms with E-state index < -0.39 is 0 Å². The topological polar surface area (TPSA) is 58.2 Å². The molecule has 1 saturated heterocycles. The second kappa shape index (κ2) is 6.59. The van der Waals surface area contributed by atoms with Crippen LogP contribution in [0.1, 0.15) is 41.7 Å². The summed E-state index contributed by atoms with van der Waals surface area (Å²) in [6.07, 6.45) is 3.75. The number of nitrogens with one attached hydrogen (secondary N) is 1. The predicted octanol–water partition coefficient (Wildman–Crippen LogP) is 3.94. The number of hydrogen-bond donors (Lipinski definition) is 1. The van der Waals surface area contributed by atoms with Crippen LogP contribution < -0.4 is 4.74 Å². The predicted molar refractivity (Wildman–Crippen MR) is 96.7 cm³/mol. The van der Waals surface area contributed by atoms with Gasteiger partial charge in [-0.2, -0.15) is 5.10 Å². The third kappa shape index (κ3) is 2.86. The van der Waals surface area contributed by atoms with Gasteiger partial charge >= 0.3 is 0 Å². The summed E-state index contributed by atoms with van der Waals surface area (Å²) < 4.78 is 5.51. The normalized spacial score (nSPS) is 17.2. The standard InChI is InChI=1S/C20H21N3O2/c1-2-25-16-10-8-14(9-11-16)18-7-4-12-23(18)20(24)17-6-3-5-15-13-21-22-19(15)17/h3,5-6,8-11,13,18H,2,4,7,12H2,1H3,(H,21,22). The van der Waals surface area contributed by atoms with E-state index in [2.05, 4.69) is 22.3 Å². The van der Waals surface area contributed by atoms with E-state index in [1.807, 2.05) is 42.2 Å². The van der Waals surface area contributed by atoms with Crippen molar-refractivity contribution < 1.29 is 9.53 Å². The van der Waals surface area contributed by atoms with Gasteiger partial charge in [-0.3, -0.25) is 9.89 Å². The summed E-state index contributed by atoms with van der Waals surface area (Å²) in [7, 11) is 0. The van der Waals surface area contributed by atoms with E-state index in [1.54, 1.807) is 6.20 Å². The van der Waals surface area contributed by atoms with E-state index in [-0.39, 0.29) is 11.9 Å². The first-order chi connectivity index (χ1) is 12.3. The van der Waals surface area contributed by atoms with E-state index in [9.17, 15) is 4.79 Å². The zero-order valence-electron chi connectivity index (χ0n) is 14.2. The van der Waals surface area contributed by atoms with Crippen LogP contribution in [0.4, 0.5) is 0 Å². The van der Waals surface area contributed by atoms with Gasteiger partial charge in [0, 0.05) is 11.9 Å². The SMILES string of the molecule is CCOc1ccc(C2CCCN2C(=O)c2cccc3cn[nH]c23)cc1. The maximum Gasteiger partial charge on any atom is 0.256 e. The van der Waals surface area contributed by atoms with E-state index in [1.165, 1.54) is 0 Å². The Kier molecular flexibility index (Phi) is 4.14. The molecule has 1 aliphatic heterocycles. The average Bonchev–Trinajstić information content (AvgIpc) is 3.31. The van der Waals surface area contributed by atoms with E-state index in [0.717, 1.165) is 41.6 Å². The number of nitrogens with zero attached hydrogens (tertiary/aromatic N) is 2. The lowest BCUT2D eigenvalue weighted by Crippen LogP contribution is -2.30. The molecule has 2 aromatic carbocycles. The van der Waals surface area contributed by atoms with Gasteiger partial charge in [0.25, 0.3) is 5.91 Å². The summed E-state index contributed by atoms with van der Waals surface area (Å²) in [6, 6.07) is 14.0. The van der Waals surface area contributed by atoms with Crippen LogP contribution in [-0.4, -0.2) is 34.2 Å². The number of aromatic amines is 1. The fourth-order valence-corrected chi connectivity index (χ4v) is 3.61. The van der Waals surface area contributed by atoms with Gasteiger partial charge in [-0.15, -0.1) is 0 Å². The Balaban J connectivity index is 1.62.